The molecule has 0 aliphatic carbocycles. The van der Waals surface area contributed by atoms with Crippen LogP contribution in [-0.2, 0) is 16.6 Å². The highest BCUT2D eigenvalue weighted by atomic mass is 35.5. The SMILES string of the molecule is N#Cc1ccc(CS(=O)c2ccccc2Cl)c(Cl)c1. The van der Waals surface area contributed by atoms with E-state index < -0.39 is 10.8 Å². The van der Waals surface area contributed by atoms with Gasteiger partial charge in [-0.05, 0) is 29.8 Å². The van der Waals surface area contributed by atoms with E-state index in [9.17, 15) is 4.21 Å². The fourth-order valence-electron chi connectivity index (χ4n) is 1.58. The molecule has 0 fully saturated rings. The van der Waals surface area contributed by atoms with Crippen molar-refractivity contribution in [3.63, 3.8) is 0 Å². The van der Waals surface area contributed by atoms with Crippen LogP contribution in [0, 0.1) is 11.3 Å². The lowest BCUT2D eigenvalue weighted by Crippen LogP contribution is -1.98. The van der Waals surface area contributed by atoms with Crippen molar-refractivity contribution >= 4 is 34.0 Å². The number of hydrogen-bond acceptors (Lipinski definition) is 2. The highest BCUT2D eigenvalue weighted by Crippen LogP contribution is 2.24. The van der Waals surface area contributed by atoms with Crippen molar-refractivity contribution in [2.45, 2.75) is 10.6 Å². The highest BCUT2D eigenvalue weighted by molar-refractivity contribution is 7.84. The van der Waals surface area contributed by atoms with Gasteiger partial charge in [0, 0.05) is 5.02 Å². The van der Waals surface area contributed by atoms with Crippen LogP contribution >= 0.6 is 23.2 Å². The Balaban J connectivity index is 2.25. The fourth-order valence-corrected chi connectivity index (χ4v) is 3.51. The summed E-state index contributed by atoms with van der Waals surface area (Å²) in [5.74, 6) is 0.272. The lowest BCUT2D eigenvalue weighted by Gasteiger charge is -2.06. The fraction of sp³-hybridized carbons (Fsp3) is 0.0714. The van der Waals surface area contributed by atoms with Crippen LogP contribution in [0.15, 0.2) is 47.4 Å². The van der Waals surface area contributed by atoms with Crippen molar-refractivity contribution in [3.8, 4) is 6.07 Å². The number of nitriles is 1. The van der Waals surface area contributed by atoms with Crippen LogP contribution in [-0.4, -0.2) is 4.21 Å². The third-order valence-corrected chi connectivity index (χ3v) is 4.76. The van der Waals surface area contributed by atoms with Crippen LogP contribution in [0.3, 0.4) is 0 Å². The van der Waals surface area contributed by atoms with Crippen molar-refractivity contribution in [1.29, 1.82) is 5.26 Å². The maximum absolute atomic E-state index is 12.2. The van der Waals surface area contributed by atoms with Gasteiger partial charge < -0.3 is 0 Å². The van der Waals surface area contributed by atoms with Gasteiger partial charge in [0.1, 0.15) is 0 Å². The Bertz CT molecular complexity index is 679. The number of rotatable bonds is 3. The summed E-state index contributed by atoms with van der Waals surface area (Å²) < 4.78 is 12.2. The third kappa shape index (κ3) is 3.36. The quantitative estimate of drug-likeness (QED) is 0.853. The molecule has 0 bridgehead atoms. The summed E-state index contributed by atoms with van der Waals surface area (Å²) in [4.78, 5) is 0.588. The molecule has 0 N–H and O–H groups in total. The number of benzene rings is 2. The molecule has 0 saturated heterocycles. The second-order valence-corrected chi connectivity index (χ2v) is 6.07. The summed E-state index contributed by atoms with van der Waals surface area (Å²) in [6, 6.07) is 14.0. The van der Waals surface area contributed by atoms with Gasteiger partial charge in [-0.1, -0.05) is 41.4 Å². The van der Waals surface area contributed by atoms with E-state index in [1.807, 2.05) is 6.07 Å². The summed E-state index contributed by atoms with van der Waals surface area (Å²) in [7, 11) is -1.26. The minimum Gasteiger partial charge on any atom is -0.254 e. The van der Waals surface area contributed by atoms with Crippen LogP contribution in [0.2, 0.25) is 10.0 Å². The first-order valence-electron chi connectivity index (χ1n) is 5.43. The van der Waals surface area contributed by atoms with Gasteiger partial charge >= 0.3 is 0 Å². The first kappa shape index (κ1) is 14.1. The van der Waals surface area contributed by atoms with Gasteiger partial charge in [0.2, 0.25) is 0 Å². The van der Waals surface area contributed by atoms with Crippen LogP contribution in [0.1, 0.15) is 11.1 Å². The maximum atomic E-state index is 12.2. The largest absolute Gasteiger partial charge is 0.254 e. The van der Waals surface area contributed by atoms with Crippen LogP contribution in [0.4, 0.5) is 0 Å². The molecule has 0 aliphatic rings. The van der Waals surface area contributed by atoms with Crippen molar-refractivity contribution < 1.29 is 4.21 Å². The second-order valence-electron chi connectivity index (χ2n) is 3.84. The Morgan fingerprint density at radius 1 is 1.11 bits per heavy atom. The molecule has 5 heteroatoms. The van der Waals surface area contributed by atoms with Crippen molar-refractivity contribution in [2.24, 2.45) is 0 Å². The molecular formula is C14H9Cl2NOS. The average molecular weight is 310 g/mol. The lowest BCUT2D eigenvalue weighted by atomic mass is 10.2. The van der Waals surface area contributed by atoms with Crippen LogP contribution < -0.4 is 0 Å². The molecule has 1 unspecified atom stereocenters. The molecule has 0 radical (unpaired) electrons. The van der Waals surface area contributed by atoms with Gasteiger partial charge in [0.15, 0.2) is 0 Å². The molecule has 19 heavy (non-hydrogen) atoms. The van der Waals surface area contributed by atoms with E-state index >= 15 is 0 Å². The highest BCUT2D eigenvalue weighted by Gasteiger charge is 2.11. The second kappa shape index (κ2) is 6.21. The summed E-state index contributed by atoms with van der Waals surface area (Å²) in [5.41, 5.74) is 1.22. The standard InChI is InChI=1S/C14H9Cl2NOS/c15-12-3-1-2-4-14(12)19(18)9-11-6-5-10(8-17)7-13(11)16/h1-7H,9H2. The summed E-state index contributed by atoms with van der Waals surface area (Å²) >= 11 is 12.1. The third-order valence-electron chi connectivity index (χ3n) is 2.55. The summed E-state index contributed by atoms with van der Waals surface area (Å²) in [6.45, 7) is 0. The van der Waals surface area contributed by atoms with Crippen molar-refractivity contribution in [1.82, 2.24) is 0 Å². The Hall–Kier alpha value is -1.34. The van der Waals surface area contributed by atoms with Crippen LogP contribution in [0.5, 0.6) is 0 Å². The molecule has 0 amide bonds. The first-order valence-corrected chi connectivity index (χ1v) is 7.50. The van der Waals surface area contributed by atoms with Gasteiger partial charge in [-0.25, -0.2) is 0 Å². The molecule has 96 valence electrons. The van der Waals surface area contributed by atoms with E-state index in [0.717, 1.165) is 5.56 Å². The maximum Gasteiger partial charge on any atom is 0.0992 e. The number of hydrogen-bond donors (Lipinski definition) is 0. The minimum absolute atomic E-state index is 0.272. The Morgan fingerprint density at radius 2 is 1.84 bits per heavy atom. The van der Waals surface area contributed by atoms with E-state index in [-0.39, 0.29) is 5.75 Å². The van der Waals surface area contributed by atoms with E-state index in [1.54, 1.807) is 42.5 Å². The molecule has 0 aliphatic heterocycles. The molecule has 2 aromatic rings. The molecule has 0 aromatic heterocycles. The van der Waals surface area contributed by atoms with Gasteiger partial charge in [0.25, 0.3) is 0 Å². The Morgan fingerprint density at radius 3 is 2.47 bits per heavy atom. The first-order chi connectivity index (χ1) is 9.11. The van der Waals surface area contributed by atoms with E-state index in [1.165, 1.54) is 0 Å². The molecule has 2 rings (SSSR count). The molecular weight excluding hydrogens is 301 g/mol. The lowest BCUT2D eigenvalue weighted by molar-refractivity contribution is 0.682. The van der Waals surface area contributed by atoms with Gasteiger partial charge in [0.05, 0.1) is 38.1 Å². The van der Waals surface area contributed by atoms with Crippen LogP contribution in [0.25, 0.3) is 0 Å². The molecule has 0 saturated carbocycles. The van der Waals surface area contributed by atoms with E-state index in [0.29, 0.717) is 20.5 Å². The van der Waals surface area contributed by atoms with E-state index in [2.05, 4.69) is 0 Å². The van der Waals surface area contributed by atoms with Crippen molar-refractivity contribution in [3.05, 3.63) is 63.6 Å². The predicted octanol–water partition coefficient (Wildman–Crippen LogP) is 4.17. The average Bonchev–Trinajstić information content (AvgIpc) is 2.41. The summed E-state index contributed by atoms with van der Waals surface area (Å²) in [5, 5.41) is 9.68. The topological polar surface area (TPSA) is 40.9 Å². The van der Waals surface area contributed by atoms with Gasteiger partial charge in [-0.15, -0.1) is 0 Å². The molecule has 2 aromatic carbocycles. The molecule has 1 atom stereocenters. The Labute approximate surface area is 124 Å². The zero-order valence-electron chi connectivity index (χ0n) is 9.77. The zero-order valence-corrected chi connectivity index (χ0v) is 12.1. The number of nitrogens with zero attached hydrogens (tertiary/aromatic N) is 1. The van der Waals surface area contributed by atoms with E-state index in [4.69, 9.17) is 28.5 Å². The predicted molar refractivity (Wildman–Crippen MR) is 77.7 cm³/mol. The minimum atomic E-state index is -1.26. The van der Waals surface area contributed by atoms with Gasteiger partial charge in [-0.3, -0.25) is 4.21 Å². The molecule has 0 heterocycles. The zero-order chi connectivity index (χ0) is 13.8. The Kier molecular flexibility index (Phi) is 4.60. The smallest absolute Gasteiger partial charge is 0.0992 e. The molecule has 0 spiro atoms. The van der Waals surface area contributed by atoms with Gasteiger partial charge in [-0.2, -0.15) is 5.26 Å². The molecule has 2 nitrogen and oxygen atoms in total. The normalized spacial score (nSPS) is 11.8. The summed E-state index contributed by atoms with van der Waals surface area (Å²) in [6.07, 6.45) is 0. The number of halogens is 2. The monoisotopic (exact) mass is 309 g/mol. The van der Waals surface area contributed by atoms with Crippen molar-refractivity contribution in [2.75, 3.05) is 0 Å².